The van der Waals surface area contributed by atoms with E-state index in [4.69, 9.17) is 0 Å². The third-order valence-electron chi connectivity index (χ3n) is 5.20. The number of halogens is 1. The van der Waals surface area contributed by atoms with Crippen molar-refractivity contribution in [2.75, 3.05) is 0 Å². The van der Waals surface area contributed by atoms with Gasteiger partial charge in [-0.15, -0.1) is 0 Å². The molecule has 0 radical (unpaired) electrons. The summed E-state index contributed by atoms with van der Waals surface area (Å²) in [6, 6.07) is 21.8. The van der Waals surface area contributed by atoms with Crippen molar-refractivity contribution in [3.8, 4) is 34.3 Å². The van der Waals surface area contributed by atoms with Crippen LogP contribution in [0.4, 0.5) is 0 Å². The summed E-state index contributed by atoms with van der Waals surface area (Å²) in [5, 5.41) is 0. The van der Waals surface area contributed by atoms with E-state index in [1.165, 1.54) is 17.6 Å². The summed E-state index contributed by atoms with van der Waals surface area (Å²) in [6.07, 6.45) is 14.7. The Morgan fingerprint density at radius 1 is 0.550 bits per heavy atom. The fraction of sp³-hybridized carbons (Fsp3) is 0.167. The molecule has 0 amide bonds. The molecule has 6 aromatic rings. The van der Waals surface area contributed by atoms with Crippen molar-refractivity contribution in [1.29, 1.82) is 0 Å². The second-order valence-electron chi connectivity index (χ2n) is 7.94. The van der Waals surface area contributed by atoms with Crippen LogP contribution in [0.25, 0.3) is 34.3 Å². The Balaban J connectivity index is 0.000000284. The van der Waals surface area contributed by atoms with E-state index in [2.05, 4.69) is 46.7 Å². The third kappa shape index (κ3) is 9.99. The number of aryl methyl sites for hydroxylation is 3. The number of benzene rings is 1. The van der Waals surface area contributed by atoms with Crippen molar-refractivity contribution in [1.82, 2.24) is 38.6 Å². The molecule has 0 aliphatic carbocycles. The van der Waals surface area contributed by atoms with Crippen LogP contribution in [0.5, 0.6) is 0 Å². The standard InChI is InChI=1S/C10H10N2.2C9H9N3.2CH4.ClH.Os/c1-12-7-10(11-8-12)9-5-3-2-4-6-9;2*1-12-7-6-11-9(12)8-4-2-3-5-10-8;;;;/h2-8H,1H3;2*2-7H,1H3;2*1H4;1H;/q;;;;;;+1/p-1. The molecule has 1 aromatic carbocycles. The van der Waals surface area contributed by atoms with E-state index in [1.54, 1.807) is 24.8 Å². The van der Waals surface area contributed by atoms with Gasteiger partial charge in [-0.2, -0.15) is 0 Å². The molecule has 0 bridgehead atoms. The van der Waals surface area contributed by atoms with Crippen LogP contribution in [-0.4, -0.2) is 38.6 Å². The Kier molecular flexibility index (Phi) is 15.7. The number of nitrogens with zero attached hydrogens (tertiary/aromatic N) is 8. The van der Waals surface area contributed by atoms with Crippen molar-refractivity contribution in [2.24, 2.45) is 21.1 Å². The molecule has 0 saturated heterocycles. The zero-order valence-corrected chi connectivity index (χ0v) is 24.6. The van der Waals surface area contributed by atoms with Crippen LogP contribution < -0.4 is 0 Å². The average molecular weight is 734 g/mol. The molecule has 5 aromatic heterocycles. The van der Waals surface area contributed by atoms with Gasteiger partial charge in [0.15, 0.2) is 11.6 Å². The molecular formula is C30H36ClN8Os. The van der Waals surface area contributed by atoms with Crippen LogP contribution in [-0.2, 0) is 38.7 Å². The molecule has 0 spiro atoms. The number of hydrogen-bond donors (Lipinski definition) is 0. The van der Waals surface area contributed by atoms with Gasteiger partial charge >= 0.3 is 27.2 Å². The molecule has 0 saturated carbocycles. The maximum atomic E-state index is 4.67. The predicted molar refractivity (Wildman–Crippen MR) is 161 cm³/mol. The van der Waals surface area contributed by atoms with Crippen LogP contribution in [0.15, 0.2) is 116 Å². The zero-order chi connectivity index (χ0) is 27.2. The van der Waals surface area contributed by atoms with Gasteiger partial charge < -0.3 is 13.7 Å². The molecule has 0 unspecified atom stereocenters. The van der Waals surface area contributed by atoms with E-state index in [9.17, 15) is 0 Å². The van der Waals surface area contributed by atoms with Crippen LogP contribution in [0.1, 0.15) is 14.9 Å². The molecule has 0 atom stereocenters. The van der Waals surface area contributed by atoms with Gasteiger partial charge in [-0.1, -0.05) is 57.3 Å². The predicted octanol–water partition coefficient (Wildman–Crippen LogP) is 7.01. The van der Waals surface area contributed by atoms with E-state index in [-0.39, 0.29) is 14.9 Å². The summed E-state index contributed by atoms with van der Waals surface area (Å²) < 4.78 is 5.84. The van der Waals surface area contributed by atoms with Crippen molar-refractivity contribution < 1.29 is 17.6 Å². The van der Waals surface area contributed by atoms with Gasteiger partial charge in [0.25, 0.3) is 0 Å². The van der Waals surface area contributed by atoms with Crippen molar-refractivity contribution >= 4 is 9.64 Å². The van der Waals surface area contributed by atoms with Crippen LogP contribution in [0.3, 0.4) is 0 Å². The van der Waals surface area contributed by atoms with Crippen LogP contribution >= 0.6 is 9.64 Å². The average Bonchev–Trinajstić information content (AvgIpc) is 3.73. The first kappa shape index (κ1) is 34.1. The molecule has 0 fully saturated rings. The molecule has 0 aliphatic heterocycles. The number of pyridine rings is 2. The Bertz CT molecular complexity index is 1390. The molecule has 0 aliphatic rings. The third-order valence-corrected chi connectivity index (χ3v) is 5.20. The van der Waals surface area contributed by atoms with E-state index >= 15 is 0 Å². The Hall–Kier alpha value is -3.92. The zero-order valence-electron chi connectivity index (χ0n) is 21.3. The van der Waals surface area contributed by atoms with Gasteiger partial charge in [0.05, 0.1) is 12.0 Å². The second-order valence-corrected chi connectivity index (χ2v) is 7.94. The first-order valence-electron chi connectivity index (χ1n) is 11.6. The summed E-state index contributed by atoms with van der Waals surface area (Å²) in [5.41, 5.74) is 4.01. The van der Waals surface area contributed by atoms with E-state index < -0.39 is 0 Å². The van der Waals surface area contributed by atoms with E-state index in [0.717, 1.165) is 34.3 Å². The van der Waals surface area contributed by atoms with Gasteiger partial charge in [-0.05, 0) is 24.3 Å². The fourth-order valence-corrected chi connectivity index (χ4v) is 3.39. The number of imidazole rings is 3. The summed E-state index contributed by atoms with van der Waals surface area (Å²) in [7, 11) is 10.5. The molecule has 211 valence electrons. The number of hydrogen-bond acceptors (Lipinski definition) is 5. The topological polar surface area (TPSA) is 79.2 Å². The molecule has 6 rings (SSSR count). The molecule has 10 heteroatoms. The Morgan fingerprint density at radius 2 is 1.02 bits per heavy atom. The second kappa shape index (κ2) is 18.4. The first-order chi connectivity index (χ1) is 18.6. The quantitative estimate of drug-likeness (QED) is 0.196. The maximum absolute atomic E-state index is 4.67. The summed E-state index contributed by atoms with van der Waals surface area (Å²) in [5.74, 6) is 1.80. The van der Waals surface area contributed by atoms with Gasteiger partial charge in [0.2, 0.25) is 0 Å². The van der Waals surface area contributed by atoms with Gasteiger partial charge in [0.1, 0.15) is 11.4 Å². The molecule has 40 heavy (non-hydrogen) atoms. The summed E-state index contributed by atoms with van der Waals surface area (Å²) in [4.78, 5) is 21.0. The fourth-order valence-electron chi connectivity index (χ4n) is 3.39. The van der Waals surface area contributed by atoms with Crippen molar-refractivity contribution in [2.45, 2.75) is 14.9 Å². The minimum absolute atomic E-state index is 0. The Morgan fingerprint density at radius 3 is 1.38 bits per heavy atom. The molecule has 0 N–H and O–H groups in total. The van der Waals surface area contributed by atoms with Gasteiger partial charge in [-0.25, -0.2) is 15.0 Å². The van der Waals surface area contributed by atoms with Crippen LogP contribution in [0, 0.1) is 0 Å². The number of aromatic nitrogens is 8. The monoisotopic (exact) mass is 735 g/mol. The number of rotatable bonds is 3. The van der Waals surface area contributed by atoms with Crippen molar-refractivity contribution in [3.05, 3.63) is 116 Å². The Labute approximate surface area is 251 Å². The van der Waals surface area contributed by atoms with Crippen molar-refractivity contribution in [3.63, 3.8) is 0 Å². The SMILES string of the molecule is C.C.Cn1ccnc1-c1ccccn1.Cn1ccnc1-c1ccccn1.Cn1cnc(-c2ccccc2)c1.[Cl][Os]. The normalized spacial score (nSPS) is 9.22. The summed E-state index contributed by atoms with van der Waals surface area (Å²) >= 11 is 1.33. The van der Waals surface area contributed by atoms with E-state index in [1.807, 2.05) is 114 Å². The summed E-state index contributed by atoms with van der Waals surface area (Å²) in [6.45, 7) is 0. The molecule has 5 heterocycles. The van der Waals surface area contributed by atoms with E-state index in [0.29, 0.717) is 0 Å². The van der Waals surface area contributed by atoms with Gasteiger partial charge in [0, 0.05) is 70.1 Å². The molecular weight excluding hydrogens is 698 g/mol. The first-order valence-corrected chi connectivity index (χ1v) is 14.7. The molecule has 8 nitrogen and oxygen atoms in total. The minimum atomic E-state index is 0. The van der Waals surface area contributed by atoms with Crippen LogP contribution in [0.2, 0.25) is 0 Å². The van der Waals surface area contributed by atoms with Gasteiger partial charge in [-0.3, -0.25) is 9.97 Å².